The van der Waals surface area contributed by atoms with Crippen LogP contribution in [0.2, 0.25) is 0 Å². The summed E-state index contributed by atoms with van der Waals surface area (Å²) in [6.07, 6.45) is 4.88. The van der Waals surface area contributed by atoms with Crippen LogP contribution >= 0.6 is 0 Å². The molecule has 1 fully saturated rings. The van der Waals surface area contributed by atoms with Crippen LogP contribution in [0, 0.1) is 17.8 Å². The average molecular weight is 183 g/mol. The van der Waals surface area contributed by atoms with Gasteiger partial charge >= 0.3 is 0 Å². The molecule has 0 radical (unpaired) electrons. The molecule has 0 aromatic heterocycles. The number of rotatable bonds is 2. The van der Waals surface area contributed by atoms with E-state index < -0.39 is 0 Å². The zero-order valence-electron chi connectivity index (χ0n) is 8.66. The number of nitrogens with two attached hydrogens (primary N) is 2. The molecule has 0 aliphatic heterocycles. The highest BCUT2D eigenvalue weighted by molar-refractivity contribution is 5.82. The minimum atomic E-state index is 0.444. The molecule has 1 aliphatic rings. The third-order valence-corrected chi connectivity index (χ3v) is 3.28. The largest absolute Gasteiger partial charge is 0.386 e. The first-order chi connectivity index (χ1) is 6.15. The zero-order chi connectivity index (χ0) is 9.84. The number of hydrogen-bond acceptors (Lipinski definition) is 2. The quantitative estimate of drug-likeness (QED) is 0.296. The van der Waals surface area contributed by atoms with Gasteiger partial charge in [-0.3, -0.25) is 0 Å². The Morgan fingerprint density at radius 3 is 2.15 bits per heavy atom. The molecular weight excluding hydrogens is 162 g/mol. The minimum absolute atomic E-state index is 0.444. The fourth-order valence-corrected chi connectivity index (χ4v) is 2.19. The predicted molar refractivity (Wildman–Crippen MR) is 56.1 cm³/mol. The van der Waals surface area contributed by atoms with Crippen molar-refractivity contribution in [3.63, 3.8) is 0 Å². The Hall–Kier alpha value is -0.730. The molecule has 0 atom stereocenters. The second-order valence-electron chi connectivity index (χ2n) is 4.41. The Kier molecular flexibility index (Phi) is 3.58. The van der Waals surface area contributed by atoms with E-state index in [1.807, 2.05) is 0 Å². The van der Waals surface area contributed by atoms with E-state index in [9.17, 15) is 0 Å². The van der Waals surface area contributed by atoms with Gasteiger partial charge in [0, 0.05) is 5.92 Å². The molecule has 0 saturated heterocycles. The SMILES string of the molecule is CC(C)C1CCC(C(N)=NN)CC1. The van der Waals surface area contributed by atoms with Gasteiger partial charge in [-0.1, -0.05) is 13.8 Å². The van der Waals surface area contributed by atoms with Crippen molar-refractivity contribution in [3.05, 3.63) is 0 Å². The highest BCUT2D eigenvalue weighted by atomic mass is 15.2. The van der Waals surface area contributed by atoms with Gasteiger partial charge in [-0.15, -0.1) is 0 Å². The van der Waals surface area contributed by atoms with Gasteiger partial charge < -0.3 is 11.6 Å². The minimum Gasteiger partial charge on any atom is -0.386 e. The molecule has 3 nitrogen and oxygen atoms in total. The highest BCUT2D eigenvalue weighted by Gasteiger charge is 2.24. The summed E-state index contributed by atoms with van der Waals surface area (Å²) in [6.45, 7) is 4.59. The molecular formula is C10H21N3. The van der Waals surface area contributed by atoms with Crippen LogP contribution in [0.4, 0.5) is 0 Å². The van der Waals surface area contributed by atoms with Crippen LogP contribution in [0.1, 0.15) is 39.5 Å². The van der Waals surface area contributed by atoms with Crippen molar-refractivity contribution in [1.29, 1.82) is 0 Å². The summed E-state index contributed by atoms with van der Waals surface area (Å²) in [5.74, 6) is 7.93. The summed E-state index contributed by atoms with van der Waals surface area (Å²) in [4.78, 5) is 0. The average Bonchev–Trinajstić information content (AvgIpc) is 2.17. The lowest BCUT2D eigenvalue weighted by Crippen LogP contribution is -2.30. The van der Waals surface area contributed by atoms with Crippen molar-refractivity contribution in [2.75, 3.05) is 0 Å². The van der Waals surface area contributed by atoms with Gasteiger partial charge in [-0.25, -0.2) is 0 Å². The third kappa shape index (κ3) is 2.61. The van der Waals surface area contributed by atoms with Crippen molar-refractivity contribution >= 4 is 5.84 Å². The third-order valence-electron chi connectivity index (χ3n) is 3.28. The number of amidine groups is 1. The van der Waals surface area contributed by atoms with E-state index in [0.29, 0.717) is 11.8 Å². The summed E-state index contributed by atoms with van der Waals surface area (Å²) in [6, 6.07) is 0. The highest BCUT2D eigenvalue weighted by Crippen LogP contribution is 2.33. The Balaban J connectivity index is 2.39. The number of nitrogens with zero attached hydrogens (tertiary/aromatic N) is 1. The van der Waals surface area contributed by atoms with Crippen LogP contribution in [0.3, 0.4) is 0 Å². The molecule has 1 aliphatic carbocycles. The van der Waals surface area contributed by atoms with Crippen LogP contribution < -0.4 is 11.6 Å². The topological polar surface area (TPSA) is 64.4 Å². The maximum atomic E-state index is 5.69. The lowest BCUT2D eigenvalue weighted by Gasteiger charge is -2.30. The second-order valence-corrected chi connectivity index (χ2v) is 4.41. The molecule has 0 bridgehead atoms. The van der Waals surface area contributed by atoms with E-state index in [2.05, 4.69) is 18.9 Å². The molecule has 1 saturated carbocycles. The fourth-order valence-electron chi connectivity index (χ4n) is 2.19. The first-order valence-electron chi connectivity index (χ1n) is 5.18. The van der Waals surface area contributed by atoms with Gasteiger partial charge in [0.25, 0.3) is 0 Å². The van der Waals surface area contributed by atoms with Crippen molar-refractivity contribution in [1.82, 2.24) is 0 Å². The summed E-state index contributed by atoms with van der Waals surface area (Å²) in [5, 5.41) is 3.58. The van der Waals surface area contributed by atoms with Gasteiger partial charge in [-0.05, 0) is 37.5 Å². The van der Waals surface area contributed by atoms with E-state index in [1.165, 1.54) is 12.8 Å². The molecule has 0 unspecified atom stereocenters. The number of hydrazone groups is 1. The Labute approximate surface area is 80.6 Å². The first kappa shape index (κ1) is 10.4. The van der Waals surface area contributed by atoms with Crippen LogP contribution in [0.15, 0.2) is 5.10 Å². The molecule has 1 rings (SSSR count). The maximum Gasteiger partial charge on any atom is 0.122 e. The molecule has 13 heavy (non-hydrogen) atoms. The summed E-state index contributed by atoms with van der Waals surface area (Å²) < 4.78 is 0. The van der Waals surface area contributed by atoms with Crippen LogP contribution in [-0.2, 0) is 0 Å². The van der Waals surface area contributed by atoms with Gasteiger partial charge in [0.1, 0.15) is 5.84 Å². The summed E-state index contributed by atoms with van der Waals surface area (Å²) >= 11 is 0. The van der Waals surface area contributed by atoms with Crippen LogP contribution in [-0.4, -0.2) is 5.84 Å². The Bertz CT molecular complexity index is 179. The van der Waals surface area contributed by atoms with E-state index in [4.69, 9.17) is 11.6 Å². The lowest BCUT2D eigenvalue weighted by molar-refractivity contribution is 0.255. The van der Waals surface area contributed by atoms with Gasteiger partial charge in [-0.2, -0.15) is 5.10 Å². The van der Waals surface area contributed by atoms with E-state index >= 15 is 0 Å². The van der Waals surface area contributed by atoms with Crippen molar-refractivity contribution in [2.24, 2.45) is 34.4 Å². The molecule has 4 N–H and O–H groups in total. The van der Waals surface area contributed by atoms with E-state index in [1.54, 1.807) is 0 Å². The molecule has 3 heteroatoms. The van der Waals surface area contributed by atoms with E-state index in [-0.39, 0.29) is 0 Å². The summed E-state index contributed by atoms with van der Waals surface area (Å²) in [5.41, 5.74) is 5.69. The normalized spacial score (nSPS) is 30.8. The van der Waals surface area contributed by atoms with Crippen LogP contribution in [0.25, 0.3) is 0 Å². The molecule has 76 valence electrons. The van der Waals surface area contributed by atoms with Crippen molar-refractivity contribution < 1.29 is 0 Å². The Morgan fingerprint density at radius 1 is 1.23 bits per heavy atom. The monoisotopic (exact) mass is 183 g/mol. The van der Waals surface area contributed by atoms with Crippen molar-refractivity contribution in [3.8, 4) is 0 Å². The summed E-state index contributed by atoms with van der Waals surface area (Å²) in [7, 11) is 0. The van der Waals surface area contributed by atoms with Crippen LogP contribution in [0.5, 0.6) is 0 Å². The zero-order valence-corrected chi connectivity index (χ0v) is 8.66. The van der Waals surface area contributed by atoms with Gasteiger partial charge in [0.2, 0.25) is 0 Å². The molecule has 0 aromatic carbocycles. The second kappa shape index (κ2) is 4.49. The first-order valence-corrected chi connectivity index (χ1v) is 5.18. The van der Waals surface area contributed by atoms with Crippen molar-refractivity contribution in [2.45, 2.75) is 39.5 Å². The molecule has 0 amide bonds. The molecule has 0 spiro atoms. The predicted octanol–water partition coefficient (Wildman–Crippen LogP) is 1.68. The van der Waals surface area contributed by atoms with Gasteiger partial charge in [0.05, 0.1) is 0 Å². The number of hydrogen-bond donors (Lipinski definition) is 2. The maximum absolute atomic E-state index is 5.69. The smallest absolute Gasteiger partial charge is 0.122 e. The van der Waals surface area contributed by atoms with E-state index in [0.717, 1.165) is 24.7 Å². The van der Waals surface area contributed by atoms with Gasteiger partial charge in [0.15, 0.2) is 0 Å². The Morgan fingerprint density at radius 2 is 1.77 bits per heavy atom. The lowest BCUT2D eigenvalue weighted by atomic mass is 9.76. The molecule has 0 heterocycles. The standard InChI is InChI=1S/C10H21N3/c1-7(2)8-3-5-9(6-4-8)10(11)13-12/h7-9H,3-6,12H2,1-2H3,(H2,11,13). The fraction of sp³-hybridized carbons (Fsp3) is 0.900. The molecule has 0 aromatic rings.